The second-order valence-corrected chi connectivity index (χ2v) is 6.77. The SMILES string of the molecule is CC(C)C(=O)CCc1cccc(S(=O)(=O)Cl)c1. The van der Waals surface area contributed by atoms with E-state index >= 15 is 0 Å². The number of hydrogen-bond acceptors (Lipinski definition) is 3. The summed E-state index contributed by atoms with van der Waals surface area (Å²) in [4.78, 5) is 11.5. The van der Waals surface area contributed by atoms with E-state index in [2.05, 4.69) is 0 Å². The Morgan fingerprint density at radius 3 is 2.53 bits per heavy atom. The lowest BCUT2D eigenvalue weighted by atomic mass is 10.0. The molecule has 0 unspecified atom stereocenters. The lowest BCUT2D eigenvalue weighted by Gasteiger charge is -2.05. The summed E-state index contributed by atoms with van der Waals surface area (Å²) in [5, 5.41) is 0. The van der Waals surface area contributed by atoms with Gasteiger partial charge in [-0.25, -0.2) is 8.42 Å². The minimum atomic E-state index is -3.69. The molecule has 94 valence electrons. The number of rotatable bonds is 5. The van der Waals surface area contributed by atoms with Gasteiger partial charge >= 0.3 is 0 Å². The molecule has 0 heterocycles. The lowest BCUT2D eigenvalue weighted by molar-refractivity contribution is -0.121. The number of aryl methyl sites for hydroxylation is 1. The lowest BCUT2D eigenvalue weighted by Crippen LogP contribution is -2.08. The average molecular weight is 275 g/mol. The standard InChI is InChI=1S/C12H15ClO3S/c1-9(2)12(14)7-6-10-4-3-5-11(8-10)17(13,15)16/h3-5,8-9H,6-7H2,1-2H3. The molecule has 0 aliphatic carbocycles. The van der Waals surface area contributed by atoms with Gasteiger partial charge < -0.3 is 0 Å². The van der Waals surface area contributed by atoms with Crippen LogP contribution in [0.1, 0.15) is 25.8 Å². The van der Waals surface area contributed by atoms with Crippen LogP contribution in [0.15, 0.2) is 29.2 Å². The van der Waals surface area contributed by atoms with Gasteiger partial charge in [0.05, 0.1) is 4.90 Å². The number of ketones is 1. The summed E-state index contributed by atoms with van der Waals surface area (Å²) in [7, 11) is 1.56. The summed E-state index contributed by atoms with van der Waals surface area (Å²) in [6.45, 7) is 3.70. The van der Waals surface area contributed by atoms with Crippen molar-refractivity contribution in [1.29, 1.82) is 0 Å². The first kappa shape index (κ1) is 14.2. The molecule has 0 fully saturated rings. The minimum Gasteiger partial charge on any atom is -0.299 e. The molecule has 0 aliphatic heterocycles. The van der Waals surface area contributed by atoms with Crippen molar-refractivity contribution in [3.8, 4) is 0 Å². The van der Waals surface area contributed by atoms with Crippen LogP contribution in [0.3, 0.4) is 0 Å². The van der Waals surface area contributed by atoms with Crippen LogP contribution in [-0.4, -0.2) is 14.2 Å². The molecular weight excluding hydrogens is 260 g/mol. The van der Waals surface area contributed by atoms with Crippen LogP contribution in [0.25, 0.3) is 0 Å². The Balaban J connectivity index is 2.77. The predicted molar refractivity (Wildman–Crippen MR) is 67.6 cm³/mol. The number of Topliss-reactive ketones (excluding diaryl/α,β-unsaturated/α-hetero) is 1. The molecule has 1 rings (SSSR count). The third-order valence-electron chi connectivity index (χ3n) is 2.48. The van der Waals surface area contributed by atoms with E-state index in [4.69, 9.17) is 10.7 Å². The van der Waals surface area contributed by atoms with Crippen LogP contribution in [0.5, 0.6) is 0 Å². The van der Waals surface area contributed by atoms with Crippen LogP contribution in [0.2, 0.25) is 0 Å². The first-order valence-electron chi connectivity index (χ1n) is 5.37. The highest BCUT2D eigenvalue weighted by Crippen LogP contribution is 2.17. The number of carbonyl (C=O) groups excluding carboxylic acids is 1. The van der Waals surface area contributed by atoms with Crippen LogP contribution in [0.4, 0.5) is 0 Å². The zero-order valence-corrected chi connectivity index (χ0v) is 11.4. The van der Waals surface area contributed by atoms with Gasteiger partial charge in [0.1, 0.15) is 5.78 Å². The van der Waals surface area contributed by atoms with Crippen molar-refractivity contribution >= 4 is 25.5 Å². The van der Waals surface area contributed by atoms with Gasteiger partial charge in [0.25, 0.3) is 9.05 Å². The molecule has 0 N–H and O–H groups in total. The molecule has 1 aromatic carbocycles. The molecule has 0 spiro atoms. The van der Waals surface area contributed by atoms with Crippen LogP contribution in [-0.2, 0) is 20.3 Å². The topological polar surface area (TPSA) is 51.2 Å². The summed E-state index contributed by atoms with van der Waals surface area (Å²) in [5.41, 5.74) is 0.806. The fraction of sp³-hybridized carbons (Fsp3) is 0.417. The zero-order valence-electron chi connectivity index (χ0n) is 9.81. The van der Waals surface area contributed by atoms with E-state index in [9.17, 15) is 13.2 Å². The fourth-order valence-electron chi connectivity index (χ4n) is 1.41. The molecule has 0 bridgehead atoms. The highest BCUT2D eigenvalue weighted by molar-refractivity contribution is 8.13. The molecule has 0 saturated heterocycles. The molecular formula is C12H15ClO3S. The first-order valence-corrected chi connectivity index (χ1v) is 7.68. The van der Waals surface area contributed by atoms with Crippen molar-refractivity contribution in [1.82, 2.24) is 0 Å². The van der Waals surface area contributed by atoms with Gasteiger partial charge in [-0.3, -0.25) is 4.79 Å². The van der Waals surface area contributed by atoms with Gasteiger partial charge in [-0.15, -0.1) is 0 Å². The Morgan fingerprint density at radius 1 is 1.35 bits per heavy atom. The number of hydrogen-bond donors (Lipinski definition) is 0. The maximum atomic E-state index is 11.5. The fourth-order valence-corrected chi connectivity index (χ4v) is 2.23. The van der Waals surface area contributed by atoms with E-state index in [1.54, 1.807) is 12.1 Å². The van der Waals surface area contributed by atoms with Crippen molar-refractivity contribution in [2.75, 3.05) is 0 Å². The Hall–Kier alpha value is -0.870. The monoisotopic (exact) mass is 274 g/mol. The first-order chi connectivity index (χ1) is 7.80. The van der Waals surface area contributed by atoms with E-state index < -0.39 is 9.05 Å². The molecule has 0 radical (unpaired) electrons. The maximum absolute atomic E-state index is 11.5. The summed E-state index contributed by atoms with van der Waals surface area (Å²) < 4.78 is 22.3. The van der Waals surface area contributed by atoms with Gasteiger partial charge in [-0.2, -0.15) is 0 Å². The summed E-state index contributed by atoms with van der Waals surface area (Å²) in [5.74, 6) is 0.180. The second-order valence-electron chi connectivity index (χ2n) is 4.21. The van der Waals surface area contributed by atoms with Crippen LogP contribution < -0.4 is 0 Å². The van der Waals surface area contributed by atoms with Crippen molar-refractivity contribution in [3.63, 3.8) is 0 Å². The van der Waals surface area contributed by atoms with Gasteiger partial charge in [0.15, 0.2) is 0 Å². The van der Waals surface area contributed by atoms with E-state index in [1.807, 2.05) is 13.8 Å². The van der Waals surface area contributed by atoms with Gasteiger partial charge in [-0.05, 0) is 24.1 Å². The third kappa shape index (κ3) is 4.48. The molecule has 0 aliphatic rings. The van der Waals surface area contributed by atoms with Crippen LogP contribution in [0, 0.1) is 5.92 Å². The molecule has 17 heavy (non-hydrogen) atoms. The van der Waals surface area contributed by atoms with E-state index in [0.29, 0.717) is 12.8 Å². The number of carbonyl (C=O) groups is 1. The molecule has 0 amide bonds. The van der Waals surface area contributed by atoms with Gasteiger partial charge in [0, 0.05) is 23.0 Å². The summed E-state index contributed by atoms with van der Waals surface area (Å²) >= 11 is 0. The molecule has 5 heteroatoms. The highest BCUT2D eigenvalue weighted by atomic mass is 35.7. The molecule has 0 atom stereocenters. The number of benzene rings is 1. The number of halogens is 1. The predicted octanol–water partition coefficient (Wildman–Crippen LogP) is 2.77. The molecule has 0 aromatic heterocycles. The smallest absolute Gasteiger partial charge is 0.261 e. The largest absolute Gasteiger partial charge is 0.299 e. The quantitative estimate of drug-likeness (QED) is 0.776. The maximum Gasteiger partial charge on any atom is 0.261 e. The highest BCUT2D eigenvalue weighted by Gasteiger charge is 2.11. The van der Waals surface area contributed by atoms with E-state index in [-0.39, 0.29) is 16.6 Å². The molecule has 3 nitrogen and oxygen atoms in total. The van der Waals surface area contributed by atoms with Crippen molar-refractivity contribution in [2.24, 2.45) is 5.92 Å². The summed E-state index contributed by atoms with van der Waals surface area (Å²) in [6, 6.07) is 6.37. The Bertz CT molecular complexity index is 506. The van der Waals surface area contributed by atoms with Crippen molar-refractivity contribution < 1.29 is 13.2 Å². The van der Waals surface area contributed by atoms with Crippen molar-refractivity contribution in [3.05, 3.63) is 29.8 Å². The normalized spacial score (nSPS) is 11.8. The Kier molecular flexibility index (Phi) is 4.71. The molecule has 1 aromatic rings. The second kappa shape index (κ2) is 5.65. The van der Waals surface area contributed by atoms with Crippen molar-refractivity contribution in [2.45, 2.75) is 31.6 Å². The third-order valence-corrected chi connectivity index (χ3v) is 3.84. The van der Waals surface area contributed by atoms with Gasteiger partial charge in [-0.1, -0.05) is 26.0 Å². The minimum absolute atomic E-state index is 0.00921. The van der Waals surface area contributed by atoms with E-state index in [1.165, 1.54) is 12.1 Å². The van der Waals surface area contributed by atoms with Gasteiger partial charge in [0.2, 0.25) is 0 Å². The average Bonchev–Trinajstić information content (AvgIpc) is 2.25. The van der Waals surface area contributed by atoms with E-state index in [0.717, 1.165) is 5.56 Å². The molecule has 0 saturated carbocycles. The van der Waals surface area contributed by atoms with Crippen LogP contribution >= 0.6 is 10.7 Å². The zero-order chi connectivity index (χ0) is 13.1. The summed E-state index contributed by atoms with van der Waals surface area (Å²) in [6.07, 6.45) is 0.959. The Morgan fingerprint density at radius 2 is 2.00 bits per heavy atom. The Labute approximate surface area is 106 Å².